The Morgan fingerprint density at radius 3 is 2.19 bits per heavy atom. The number of rotatable bonds is 5. The number of carbonyl (C=O) groups excluding carboxylic acids is 1. The van der Waals surface area contributed by atoms with E-state index in [1.165, 1.54) is 23.8 Å². The fourth-order valence-electron chi connectivity index (χ4n) is 3.51. The normalized spacial score (nSPS) is 10.8. The zero-order valence-corrected chi connectivity index (χ0v) is 18.9. The van der Waals surface area contributed by atoms with Crippen molar-refractivity contribution >= 4 is 21.7 Å². The van der Waals surface area contributed by atoms with E-state index in [0.717, 1.165) is 10.0 Å². The SMILES string of the molecule is COc1ccc(C(=O)c2c(O)c(O)n(-c3ccc(C)c(Br)c3)c2-c2ccc(O)cc2)cc1. The van der Waals surface area contributed by atoms with Crippen LogP contribution in [0.1, 0.15) is 21.5 Å². The summed E-state index contributed by atoms with van der Waals surface area (Å²) in [4.78, 5) is 13.5. The molecule has 1 heterocycles. The first-order valence-corrected chi connectivity index (χ1v) is 10.5. The maximum atomic E-state index is 13.5. The van der Waals surface area contributed by atoms with Gasteiger partial charge in [-0.15, -0.1) is 0 Å². The predicted molar refractivity (Wildman–Crippen MR) is 125 cm³/mol. The maximum Gasteiger partial charge on any atom is 0.240 e. The molecule has 3 aromatic carbocycles. The number of nitrogens with zero attached hydrogens (tertiary/aromatic N) is 1. The van der Waals surface area contributed by atoms with E-state index in [4.69, 9.17) is 4.74 Å². The molecule has 0 bridgehead atoms. The number of benzene rings is 3. The molecule has 1 aromatic heterocycles. The monoisotopic (exact) mass is 493 g/mol. The Balaban J connectivity index is 1.99. The van der Waals surface area contributed by atoms with E-state index in [0.29, 0.717) is 28.3 Å². The van der Waals surface area contributed by atoms with Crippen molar-refractivity contribution in [2.75, 3.05) is 7.11 Å². The number of ether oxygens (including phenoxy) is 1. The molecule has 4 aromatic rings. The highest BCUT2D eigenvalue weighted by atomic mass is 79.9. The molecular weight excluding hydrogens is 474 g/mol. The third-order valence-electron chi connectivity index (χ3n) is 5.25. The fraction of sp³-hybridized carbons (Fsp3) is 0.0800. The number of aromatic nitrogens is 1. The van der Waals surface area contributed by atoms with Gasteiger partial charge in [-0.3, -0.25) is 9.36 Å². The van der Waals surface area contributed by atoms with Crippen LogP contribution in [0.4, 0.5) is 0 Å². The van der Waals surface area contributed by atoms with Crippen LogP contribution in [0.15, 0.2) is 71.2 Å². The van der Waals surface area contributed by atoms with E-state index in [1.807, 2.05) is 13.0 Å². The number of phenols is 1. The smallest absolute Gasteiger partial charge is 0.240 e. The van der Waals surface area contributed by atoms with Crippen LogP contribution in [0.3, 0.4) is 0 Å². The number of hydrogen-bond acceptors (Lipinski definition) is 5. The molecule has 32 heavy (non-hydrogen) atoms. The van der Waals surface area contributed by atoms with E-state index in [2.05, 4.69) is 15.9 Å². The topological polar surface area (TPSA) is 91.9 Å². The summed E-state index contributed by atoms with van der Waals surface area (Å²) in [5, 5.41) is 31.5. The minimum Gasteiger partial charge on any atom is -0.508 e. The van der Waals surface area contributed by atoms with Crippen LogP contribution in [-0.4, -0.2) is 32.8 Å². The molecule has 0 aliphatic heterocycles. The third kappa shape index (κ3) is 3.71. The second kappa shape index (κ2) is 8.43. The van der Waals surface area contributed by atoms with Crippen molar-refractivity contribution in [3.8, 4) is 40.1 Å². The van der Waals surface area contributed by atoms with E-state index in [9.17, 15) is 20.1 Å². The van der Waals surface area contributed by atoms with Gasteiger partial charge in [-0.1, -0.05) is 22.0 Å². The molecule has 0 radical (unpaired) electrons. The maximum absolute atomic E-state index is 13.5. The van der Waals surface area contributed by atoms with Crippen molar-refractivity contribution in [1.29, 1.82) is 0 Å². The molecule has 7 heteroatoms. The molecule has 0 unspecified atom stereocenters. The van der Waals surface area contributed by atoms with Crippen LogP contribution >= 0.6 is 15.9 Å². The van der Waals surface area contributed by atoms with E-state index >= 15 is 0 Å². The van der Waals surface area contributed by atoms with Gasteiger partial charge in [0, 0.05) is 10.0 Å². The van der Waals surface area contributed by atoms with Gasteiger partial charge in [0.25, 0.3) is 0 Å². The first kappa shape index (κ1) is 21.5. The lowest BCUT2D eigenvalue weighted by molar-refractivity contribution is 0.103. The van der Waals surface area contributed by atoms with E-state index in [1.54, 1.807) is 48.5 Å². The van der Waals surface area contributed by atoms with Gasteiger partial charge in [0.2, 0.25) is 5.88 Å². The second-order valence-electron chi connectivity index (χ2n) is 7.27. The molecule has 6 nitrogen and oxygen atoms in total. The molecule has 162 valence electrons. The van der Waals surface area contributed by atoms with E-state index < -0.39 is 17.4 Å². The number of aryl methyl sites for hydroxylation is 1. The lowest BCUT2D eigenvalue weighted by atomic mass is 9.99. The standard InChI is InChI=1S/C25H20BrNO5/c1-14-3-8-17(13-20(14)26)27-22(15-4-9-18(28)10-5-15)21(24(30)25(27)31)23(29)16-6-11-19(32-2)12-7-16/h3-13,28,30-31H,1-2H3. The molecular formula is C25H20BrNO5. The van der Waals surface area contributed by atoms with Gasteiger partial charge in [-0.2, -0.15) is 0 Å². The molecule has 3 N–H and O–H groups in total. The third-order valence-corrected chi connectivity index (χ3v) is 6.11. The zero-order valence-electron chi connectivity index (χ0n) is 17.3. The first-order chi connectivity index (χ1) is 15.3. The van der Waals surface area contributed by atoms with Crippen LogP contribution in [0.5, 0.6) is 23.1 Å². The Kier molecular flexibility index (Phi) is 5.67. The quantitative estimate of drug-likeness (QED) is 0.316. The summed E-state index contributed by atoms with van der Waals surface area (Å²) in [6.07, 6.45) is 0. The zero-order chi connectivity index (χ0) is 23.0. The van der Waals surface area contributed by atoms with Crippen LogP contribution in [0.2, 0.25) is 0 Å². The second-order valence-corrected chi connectivity index (χ2v) is 8.12. The Hall–Kier alpha value is -3.71. The molecule has 0 saturated carbocycles. The average molecular weight is 494 g/mol. The molecule has 0 atom stereocenters. The summed E-state index contributed by atoms with van der Waals surface area (Å²) in [5.74, 6) is -0.796. The minimum atomic E-state index is -0.523. The average Bonchev–Trinajstić information content (AvgIpc) is 3.06. The molecule has 4 rings (SSSR count). The number of aromatic hydroxyl groups is 3. The number of ketones is 1. The van der Waals surface area contributed by atoms with Crippen LogP contribution < -0.4 is 4.74 Å². The molecule has 0 spiro atoms. The Morgan fingerprint density at radius 2 is 1.59 bits per heavy atom. The molecule has 0 fully saturated rings. The summed E-state index contributed by atoms with van der Waals surface area (Å²) in [6, 6.07) is 18.1. The van der Waals surface area contributed by atoms with Crippen molar-refractivity contribution in [2.45, 2.75) is 6.92 Å². The van der Waals surface area contributed by atoms with Crippen LogP contribution in [0, 0.1) is 6.92 Å². The lowest BCUT2D eigenvalue weighted by Crippen LogP contribution is -2.05. The minimum absolute atomic E-state index is 0.0462. The van der Waals surface area contributed by atoms with Gasteiger partial charge in [-0.25, -0.2) is 0 Å². The molecule has 0 aliphatic rings. The molecule has 0 aliphatic carbocycles. The van der Waals surface area contributed by atoms with Crippen molar-refractivity contribution in [3.63, 3.8) is 0 Å². The van der Waals surface area contributed by atoms with Crippen molar-refractivity contribution in [3.05, 3.63) is 87.9 Å². The van der Waals surface area contributed by atoms with Gasteiger partial charge in [0.15, 0.2) is 11.5 Å². The lowest BCUT2D eigenvalue weighted by Gasteiger charge is -2.13. The number of halogens is 1. The van der Waals surface area contributed by atoms with E-state index in [-0.39, 0.29) is 11.3 Å². The Morgan fingerprint density at radius 1 is 0.938 bits per heavy atom. The highest BCUT2D eigenvalue weighted by molar-refractivity contribution is 9.10. The van der Waals surface area contributed by atoms with Gasteiger partial charge in [-0.05, 0) is 78.7 Å². The van der Waals surface area contributed by atoms with Crippen molar-refractivity contribution < 1.29 is 24.9 Å². The number of phenolic OH excluding ortho intramolecular Hbond substituents is 1. The predicted octanol–water partition coefficient (Wildman–Crippen LogP) is 5.57. The van der Waals surface area contributed by atoms with Crippen molar-refractivity contribution in [1.82, 2.24) is 4.57 Å². The van der Waals surface area contributed by atoms with Crippen LogP contribution in [-0.2, 0) is 0 Å². The summed E-state index contributed by atoms with van der Waals surface area (Å²) in [5.41, 5.74) is 2.65. The highest BCUT2D eigenvalue weighted by Crippen LogP contribution is 2.44. The largest absolute Gasteiger partial charge is 0.508 e. The van der Waals surface area contributed by atoms with Gasteiger partial charge in [0.1, 0.15) is 11.5 Å². The highest BCUT2D eigenvalue weighted by Gasteiger charge is 2.30. The fourth-order valence-corrected chi connectivity index (χ4v) is 3.88. The molecule has 0 saturated heterocycles. The number of hydrogen-bond donors (Lipinski definition) is 3. The number of methoxy groups -OCH3 is 1. The summed E-state index contributed by atoms with van der Waals surface area (Å²) >= 11 is 3.49. The molecule has 0 amide bonds. The van der Waals surface area contributed by atoms with Gasteiger partial charge >= 0.3 is 0 Å². The Labute approximate surface area is 193 Å². The Bertz CT molecular complexity index is 1310. The van der Waals surface area contributed by atoms with Gasteiger partial charge < -0.3 is 20.1 Å². The summed E-state index contributed by atoms with van der Waals surface area (Å²) in [6.45, 7) is 1.93. The van der Waals surface area contributed by atoms with Crippen LogP contribution in [0.25, 0.3) is 16.9 Å². The summed E-state index contributed by atoms with van der Waals surface area (Å²) in [7, 11) is 1.53. The van der Waals surface area contributed by atoms with Gasteiger partial charge in [0.05, 0.1) is 24.1 Å². The first-order valence-electron chi connectivity index (χ1n) is 9.73. The summed E-state index contributed by atoms with van der Waals surface area (Å²) < 4.78 is 7.38. The van der Waals surface area contributed by atoms with Crippen molar-refractivity contribution in [2.24, 2.45) is 0 Å². The number of carbonyl (C=O) groups is 1.